The van der Waals surface area contributed by atoms with Gasteiger partial charge in [0.25, 0.3) is 0 Å². The van der Waals surface area contributed by atoms with Gasteiger partial charge in [-0.3, -0.25) is 4.79 Å². The van der Waals surface area contributed by atoms with Gasteiger partial charge in [0.1, 0.15) is 0 Å². The second-order valence-corrected chi connectivity index (χ2v) is 6.65. The number of hydrogen-bond acceptors (Lipinski definition) is 3. The van der Waals surface area contributed by atoms with E-state index in [1.807, 2.05) is 25.9 Å². The van der Waals surface area contributed by atoms with Crippen LogP contribution in [0.3, 0.4) is 0 Å². The van der Waals surface area contributed by atoms with Gasteiger partial charge in [0.15, 0.2) is 0 Å². The Morgan fingerprint density at radius 3 is 2.25 bits per heavy atom. The van der Waals surface area contributed by atoms with Gasteiger partial charge in [-0.1, -0.05) is 31.5 Å². The highest BCUT2D eigenvalue weighted by Crippen LogP contribution is 2.38. The Labute approximate surface area is 128 Å². The van der Waals surface area contributed by atoms with E-state index in [9.17, 15) is 4.79 Å². The van der Waals surface area contributed by atoms with Crippen LogP contribution in [0.1, 0.15) is 46.0 Å². The first-order chi connectivity index (χ1) is 9.35. The molecular weight excluding hydrogens is 270 g/mol. The van der Waals surface area contributed by atoms with E-state index in [1.165, 1.54) is 6.42 Å². The van der Waals surface area contributed by atoms with Gasteiger partial charge >= 0.3 is 0 Å². The highest BCUT2D eigenvalue weighted by Gasteiger charge is 2.45. The zero-order chi connectivity index (χ0) is 15.3. The molecule has 1 aliphatic carbocycles. The van der Waals surface area contributed by atoms with Crippen LogP contribution in [0.15, 0.2) is 0 Å². The van der Waals surface area contributed by atoms with E-state index in [1.54, 1.807) is 0 Å². The number of thiocarbonyl (C=S) groups is 1. The molecule has 1 atom stereocenters. The summed E-state index contributed by atoms with van der Waals surface area (Å²) in [6.45, 7) is 5.68. The molecule has 0 aromatic rings. The van der Waals surface area contributed by atoms with Gasteiger partial charge in [0.2, 0.25) is 5.91 Å². The number of amides is 1. The molecule has 5 heteroatoms. The minimum Gasteiger partial charge on any atom is -0.392 e. The summed E-state index contributed by atoms with van der Waals surface area (Å²) in [5.41, 5.74) is 5.38. The molecule has 1 fully saturated rings. The monoisotopic (exact) mass is 299 g/mol. The van der Waals surface area contributed by atoms with Crippen LogP contribution in [-0.2, 0) is 4.79 Å². The summed E-state index contributed by atoms with van der Waals surface area (Å²) < 4.78 is 0. The van der Waals surface area contributed by atoms with Gasteiger partial charge in [-0.05, 0) is 40.8 Å². The van der Waals surface area contributed by atoms with Gasteiger partial charge in [-0.2, -0.15) is 0 Å². The quantitative estimate of drug-likeness (QED) is 0.762. The molecule has 0 spiro atoms. The van der Waals surface area contributed by atoms with Crippen LogP contribution in [0, 0.1) is 5.41 Å². The molecule has 116 valence electrons. The zero-order valence-corrected chi connectivity index (χ0v) is 14.1. The van der Waals surface area contributed by atoms with Crippen LogP contribution in [0.4, 0.5) is 0 Å². The Hall–Kier alpha value is -0.680. The fraction of sp³-hybridized carbons (Fsp3) is 0.867. The summed E-state index contributed by atoms with van der Waals surface area (Å²) in [6.07, 6.45) is 4.89. The summed E-state index contributed by atoms with van der Waals surface area (Å²) in [7, 11) is 4.05. The maximum Gasteiger partial charge on any atom is 0.235 e. The van der Waals surface area contributed by atoms with Crippen LogP contribution in [0.25, 0.3) is 0 Å². The summed E-state index contributed by atoms with van der Waals surface area (Å²) in [5.74, 6) is 0.140. The summed E-state index contributed by atoms with van der Waals surface area (Å²) >= 11 is 5.27. The molecule has 0 heterocycles. The molecule has 1 saturated carbocycles. The van der Waals surface area contributed by atoms with E-state index in [2.05, 4.69) is 11.8 Å². The standard InChI is InChI=1S/C15H29N3OS/c1-5-18(12(2)11-17(3)4)14(19)15(13(16)20)9-7-6-8-10-15/h12H,5-11H2,1-4H3,(H2,16,20). The van der Waals surface area contributed by atoms with E-state index in [0.29, 0.717) is 11.5 Å². The number of carbonyl (C=O) groups is 1. The highest BCUT2D eigenvalue weighted by atomic mass is 32.1. The van der Waals surface area contributed by atoms with Crippen LogP contribution < -0.4 is 5.73 Å². The number of carbonyl (C=O) groups excluding carboxylic acids is 1. The molecule has 4 nitrogen and oxygen atoms in total. The maximum absolute atomic E-state index is 13.1. The van der Waals surface area contributed by atoms with Gasteiger partial charge < -0.3 is 15.5 Å². The molecule has 1 unspecified atom stereocenters. The Morgan fingerprint density at radius 1 is 1.30 bits per heavy atom. The van der Waals surface area contributed by atoms with Crippen molar-refractivity contribution in [2.75, 3.05) is 27.2 Å². The van der Waals surface area contributed by atoms with Crippen molar-refractivity contribution in [1.82, 2.24) is 9.80 Å². The molecule has 2 N–H and O–H groups in total. The van der Waals surface area contributed by atoms with E-state index in [-0.39, 0.29) is 11.9 Å². The predicted octanol–water partition coefficient (Wildman–Crippen LogP) is 2.02. The van der Waals surface area contributed by atoms with E-state index < -0.39 is 5.41 Å². The minimum atomic E-state index is -0.593. The van der Waals surface area contributed by atoms with Crippen molar-refractivity contribution in [3.63, 3.8) is 0 Å². The SMILES string of the molecule is CCN(C(=O)C1(C(N)=S)CCCCC1)C(C)CN(C)C. The number of likely N-dealkylation sites (N-methyl/N-ethyl adjacent to an activating group) is 2. The molecule has 20 heavy (non-hydrogen) atoms. The molecule has 1 rings (SSSR count). The van der Waals surface area contributed by atoms with E-state index in [4.69, 9.17) is 18.0 Å². The Kier molecular flexibility index (Phi) is 6.40. The number of nitrogens with two attached hydrogens (primary N) is 1. The molecule has 0 aromatic heterocycles. The fourth-order valence-corrected chi connectivity index (χ4v) is 3.57. The zero-order valence-electron chi connectivity index (χ0n) is 13.3. The third-order valence-corrected chi connectivity index (χ3v) is 4.74. The van der Waals surface area contributed by atoms with Gasteiger partial charge in [0.05, 0.1) is 10.4 Å². The average molecular weight is 299 g/mol. The first-order valence-corrected chi connectivity index (χ1v) is 8.01. The molecule has 1 aliphatic rings. The Bertz CT molecular complexity index is 351. The smallest absolute Gasteiger partial charge is 0.235 e. The van der Waals surface area contributed by atoms with Crippen molar-refractivity contribution in [1.29, 1.82) is 0 Å². The Balaban J connectivity index is 2.94. The fourth-order valence-electron chi connectivity index (χ4n) is 3.28. The number of hydrogen-bond donors (Lipinski definition) is 1. The van der Waals surface area contributed by atoms with Crippen LogP contribution in [-0.4, -0.2) is 53.9 Å². The maximum atomic E-state index is 13.1. The summed E-state index contributed by atoms with van der Waals surface area (Å²) in [6, 6.07) is 0.177. The lowest BCUT2D eigenvalue weighted by molar-refractivity contribution is -0.141. The summed E-state index contributed by atoms with van der Waals surface area (Å²) in [4.78, 5) is 17.5. The van der Waals surface area contributed by atoms with E-state index >= 15 is 0 Å². The molecule has 0 aromatic carbocycles. The lowest BCUT2D eigenvalue weighted by atomic mass is 9.72. The Morgan fingerprint density at radius 2 is 1.85 bits per heavy atom. The third kappa shape index (κ3) is 3.70. The van der Waals surface area contributed by atoms with E-state index in [0.717, 1.165) is 32.2 Å². The molecule has 0 aliphatic heterocycles. The molecular formula is C15H29N3OS. The van der Waals surface area contributed by atoms with Gasteiger partial charge in [0, 0.05) is 19.1 Å². The second-order valence-electron chi connectivity index (χ2n) is 6.21. The topological polar surface area (TPSA) is 49.6 Å². The highest BCUT2D eigenvalue weighted by molar-refractivity contribution is 7.80. The predicted molar refractivity (Wildman–Crippen MR) is 87.7 cm³/mol. The van der Waals surface area contributed by atoms with Crippen molar-refractivity contribution < 1.29 is 4.79 Å². The summed E-state index contributed by atoms with van der Waals surface area (Å²) in [5, 5.41) is 0. The normalized spacial score (nSPS) is 19.6. The lowest BCUT2D eigenvalue weighted by Crippen LogP contribution is -2.55. The van der Waals surface area contributed by atoms with Crippen molar-refractivity contribution in [2.45, 2.75) is 52.0 Å². The van der Waals surface area contributed by atoms with Crippen molar-refractivity contribution in [2.24, 2.45) is 11.1 Å². The van der Waals surface area contributed by atoms with Gasteiger partial charge in [-0.25, -0.2) is 0 Å². The largest absolute Gasteiger partial charge is 0.392 e. The first kappa shape index (κ1) is 17.4. The second kappa shape index (κ2) is 7.36. The van der Waals surface area contributed by atoms with Crippen LogP contribution >= 0.6 is 12.2 Å². The van der Waals surface area contributed by atoms with Crippen molar-refractivity contribution >= 4 is 23.1 Å². The average Bonchev–Trinajstić information content (AvgIpc) is 2.39. The molecule has 0 saturated heterocycles. The first-order valence-electron chi connectivity index (χ1n) is 7.61. The van der Waals surface area contributed by atoms with Crippen LogP contribution in [0.2, 0.25) is 0 Å². The molecule has 0 bridgehead atoms. The minimum absolute atomic E-state index is 0.140. The molecule has 1 amide bonds. The number of nitrogens with zero attached hydrogens (tertiary/aromatic N) is 2. The van der Waals surface area contributed by atoms with Crippen LogP contribution in [0.5, 0.6) is 0 Å². The van der Waals surface area contributed by atoms with Crippen molar-refractivity contribution in [3.05, 3.63) is 0 Å². The van der Waals surface area contributed by atoms with Gasteiger partial charge in [-0.15, -0.1) is 0 Å². The number of rotatable bonds is 6. The third-order valence-electron chi connectivity index (χ3n) is 4.35. The lowest BCUT2D eigenvalue weighted by Gasteiger charge is -2.41. The molecule has 0 radical (unpaired) electrons. The van der Waals surface area contributed by atoms with Crippen molar-refractivity contribution in [3.8, 4) is 0 Å².